The van der Waals surface area contributed by atoms with Crippen molar-refractivity contribution < 1.29 is 4.79 Å². The highest BCUT2D eigenvalue weighted by Crippen LogP contribution is 2.44. The molecule has 0 aromatic carbocycles. The summed E-state index contributed by atoms with van der Waals surface area (Å²) in [5.74, 6) is 0.534. The smallest absolute Gasteiger partial charge is 0.164 e. The van der Waals surface area contributed by atoms with Crippen LogP contribution in [0.25, 0.3) is 0 Å². The lowest BCUT2D eigenvalue weighted by molar-refractivity contribution is -0.124. The Kier molecular flexibility index (Phi) is 11.4. The first-order valence-corrected chi connectivity index (χ1v) is 10.9. The number of unbranched alkanes of at least 4 members (excludes halogenated alkanes) is 9. The van der Waals surface area contributed by atoms with Crippen LogP contribution in [0.1, 0.15) is 124 Å². The van der Waals surface area contributed by atoms with Crippen molar-refractivity contribution in [1.82, 2.24) is 0 Å². The number of rotatable bonds is 15. The molecule has 1 aliphatic rings. The molecule has 0 spiro atoms. The van der Waals surface area contributed by atoms with E-state index in [1.54, 1.807) is 0 Å². The van der Waals surface area contributed by atoms with Gasteiger partial charge in [0, 0.05) is 5.41 Å². The van der Waals surface area contributed by atoms with E-state index in [-0.39, 0.29) is 5.41 Å². The second-order valence-corrected chi connectivity index (χ2v) is 7.97. The largest absolute Gasteiger partial charge is 0.294 e. The zero-order valence-electron chi connectivity index (χ0n) is 16.8. The first-order chi connectivity index (χ1) is 11.7. The molecular formula is C23H42O. The third kappa shape index (κ3) is 7.11. The van der Waals surface area contributed by atoms with Gasteiger partial charge in [-0.15, -0.1) is 0 Å². The van der Waals surface area contributed by atoms with Gasteiger partial charge in [-0.1, -0.05) is 97.5 Å². The van der Waals surface area contributed by atoms with Crippen molar-refractivity contribution >= 4 is 5.78 Å². The van der Waals surface area contributed by atoms with Crippen molar-refractivity contribution in [1.29, 1.82) is 0 Å². The first kappa shape index (κ1) is 21.5. The van der Waals surface area contributed by atoms with Crippen molar-refractivity contribution in [2.75, 3.05) is 0 Å². The van der Waals surface area contributed by atoms with E-state index in [0.29, 0.717) is 5.78 Å². The second kappa shape index (κ2) is 12.7. The minimum Gasteiger partial charge on any atom is -0.294 e. The molecule has 0 saturated heterocycles. The summed E-state index contributed by atoms with van der Waals surface area (Å²) < 4.78 is 0. The molecule has 0 amide bonds. The Morgan fingerprint density at radius 2 is 1.25 bits per heavy atom. The molecule has 0 fully saturated rings. The molecule has 0 aromatic rings. The molecule has 1 rings (SSSR count). The van der Waals surface area contributed by atoms with E-state index in [1.165, 1.54) is 82.6 Å². The van der Waals surface area contributed by atoms with Gasteiger partial charge >= 0.3 is 0 Å². The normalized spacial score (nSPS) is 16.6. The molecule has 1 heteroatoms. The molecule has 1 nitrogen and oxygen atoms in total. The lowest BCUT2D eigenvalue weighted by Gasteiger charge is -2.28. The Labute approximate surface area is 151 Å². The summed E-state index contributed by atoms with van der Waals surface area (Å²) in [5.41, 5.74) is 1.17. The van der Waals surface area contributed by atoms with Crippen LogP contribution in [-0.4, -0.2) is 5.78 Å². The van der Waals surface area contributed by atoms with Gasteiger partial charge in [-0.3, -0.25) is 4.79 Å². The monoisotopic (exact) mass is 334 g/mol. The molecule has 0 radical (unpaired) electrons. The zero-order chi connectivity index (χ0) is 17.7. The second-order valence-electron chi connectivity index (χ2n) is 7.97. The van der Waals surface area contributed by atoms with E-state index in [0.717, 1.165) is 25.7 Å². The highest BCUT2D eigenvalue weighted by Gasteiger charge is 2.41. The predicted octanol–water partition coefficient (Wildman–Crippen LogP) is 7.78. The van der Waals surface area contributed by atoms with Gasteiger partial charge in [-0.2, -0.15) is 0 Å². The van der Waals surface area contributed by atoms with Gasteiger partial charge in [0.15, 0.2) is 5.78 Å². The van der Waals surface area contributed by atoms with Crippen LogP contribution in [0, 0.1) is 5.41 Å². The van der Waals surface area contributed by atoms with Gasteiger partial charge in [0.05, 0.1) is 0 Å². The summed E-state index contributed by atoms with van der Waals surface area (Å²) in [7, 11) is 0. The van der Waals surface area contributed by atoms with E-state index in [1.807, 2.05) is 0 Å². The van der Waals surface area contributed by atoms with Gasteiger partial charge < -0.3 is 0 Å². The quantitative estimate of drug-likeness (QED) is 0.279. The van der Waals surface area contributed by atoms with Gasteiger partial charge in [0.25, 0.3) is 0 Å². The van der Waals surface area contributed by atoms with E-state index in [4.69, 9.17) is 0 Å². The minimum atomic E-state index is -0.0123. The highest BCUT2D eigenvalue weighted by molar-refractivity contribution is 6.02. The number of hydrogen-bond donors (Lipinski definition) is 0. The van der Waals surface area contributed by atoms with Crippen molar-refractivity contribution in [2.45, 2.75) is 124 Å². The van der Waals surface area contributed by atoms with Crippen LogP contribution in [0.4, 0.5) is 0 Å². The molecule has 0 N–H and O–H groups in total. The Morgan fingerprint density at radius 1 is 0.750 bits per heavy atom. The molecule has 0 saturated carbocycles. The third-order valence-electron chi connectivity index (χ3n) is 5.83. The fourth-order valence-electron chi connectivity index (χ4n) is 4.14. The highest BCUT2D eigenvalue weighted by atomic mass is 16.1. The molecule has 24 heavy (non-hydrogen) atoms. The fourth-order valence-corrected chi connectivity index (χ4v) is 4.14. The van der Waals surface area contributed by atoms with E-state index in [2.05, 4.69) is 26.8 Å². The van der Waals surface area contributed by atoms with Gasteiger partial charge in [-0.25, -0.2) is 0 Å². The number of carbonyl (C=O) groups excluding carboxylic acids is 1. The maximum atomic E-state index is 13.2. The van der Waals surface area contributed by atoms with Gasteiger partial charge in [-0.05, 0) is 37.7 Å². The number of hydrogen-bond acceptors (Lipinski definition) is 1. The van der Waals surface area contributed by atoms with Crippen LogP contribution in [0.15, 0.2) is 11.6 Å². The summed E-state index contributed by atoms with van der Waals surface area (Å²) >= 11 is 0. The number of carbonyl (C=O) groups is 1. The molecule has 0 aromatic heterocycles. The number of ketones is 1. The zero-order valence-corrected chi connectivity index (χ0v) is 16.8. The fraction of sp³-hybridized carbons (Fsp3) is 0.870. The van der Waals surface area contributed by atoms with Crippen LogP contribution in [0.5, 0.6) is 0 Å². The lowest BCUT2D eigenvalue weighted by atomic mass is 9.74. The summed E-state index contributed by atoms with van der Waals surface area (Å²) in [6, 6.07) is 0. The van der Waals surface area contributed by atoms with Crippen LogP contribution in [0.3, 0.4) is 0 Å². The van der Waals surface area contributed by atoms with Crippen LogP contribution < -0.4 is 0 Å². The average Bonchev–Trinajstić information content (AvgIpc) is 2.89. The van der Waals surface area contributed by atoms with Crippen molar-refractivity contribution in [2.24, 2.45) is 5.41 Å². The SMILES string of the molecule is CCCCCCC1=CCC(CCCCCC)(CCCCCC)C1=O. The van der Waals surface area contributed by atoms with Crippen molar-refractivity contribution in [3.05, 3.63) is 11.6 Å². The summed E-state index contributed by atoms with van der Waals surface area (Å²) in [6.07, 6.45) is 22.0. The Balaban J connectivity index is 2.53. The topological polar surface area (TPSA) is 17.1 Å². The number of allylic oxidation sites excluding steroid dienone is 2. The summed E-state index contributed by atoms with van der Waals surface area (Å²) in [6.45, 7) is 6.77. The van der Waals surface area contributed by atoms with Crippen LogP contribution >= 0.6 is 0 Å². The molecule has 0 unspecified atom stereocenters. The molecule has 0 atom stereocenters. The van der Waals surface area contributed by atoms with Gasteiger partial charge in [0.2, 0.25) is 0 Å². The van der Waals surface area contributed by atoms with Gasteiger partial charge in [0.1, 0.15) is 0 Å². The maximum Gasteiger partial charge on any atom is 0.164 e. The lowest BCUT2D eigenvalue weighted by Crippen LogP contribution is -2.28. The van der Waals surface area contributed by atoms with Crippen molar-refractivity contribution in [3.8, 4) is 0 Å². The standard InChI is InChI=1S/C23H42O/c1-4-7-10-13-16-21-17-20-23(22(21)24,18-14-11-8-5-2)19-15-12-9-6-3/h17H,4-16,18-20H2,1-3H3. The molecule has 0 heterocycles. The predicted molar refractivity (Wildman–Crippen MR) is 106 cm³/mol. The van der Waals surface area contributed by atoms with Crippen LogP contribution in [0.2, 0.25) is 0 Å². The Bertz CT molecular complexity index is 354. The van der Waals surface area contributed by atoms with Crippen LogP contribution in [-0.2, 0) is 4.79 Å². The Hall–Kier alpha value is -0.590. The van der Waals surface area contributed by atoms with E-state index in [9.17, 15) is 4.79 Å². The maximum absolute atomic E-state index is 13.2. The van der Waals surface area contributed by atoms with E-state index >= 15 is 0 Å². The first-order valence-electron chi connectivity index (χ1n) is 10.9. The summed E-state index contributed by atoms with van der Waals surface area (Å²) in [4.78, 5) is 13.2. The summed E-state index contributed by atoms with van der Waals surface area (Å²) in [5, 5.41) is 0. The molecule has 140 valence electrons. The number of Topliss-reactive ketones (excluding diaryl/α,β-unsaturated/α-hetero) is 1. The van der Waals surface area contributed by atoms with E-state index < -0.39 is 0 Å². The molecule has 1 aliphatic carbocycles. The third-order valence-corrected chi connectivity index (χ3v) is 5.83. The minimum absolute atomic E-state index is 0.0123. The molecule has 0 aliphatic heterocycles. The van der Waals surface area contributed by atoms with Crippen molar-refractivity contribution in [3.63, 3.8) is 0 Å². The average molecular weight is 335 g/mol. The Morgan fingerprint density at radius 3 is 1.75 bits per heavy atom. The molecular weight excluding hydrogens is 292 g/mol. The molecule has 0 bridgehead atoms.